The number of rotatable bonds is 2. The molecule has 2 rings (SSSR count). The molecule has 0 amide bonds. The summed E-state index contributed by atoms with van der Waals surface area (Å²) in [6.07, 6.45) is 2.09. The standard InChI is InChI=1S/C10H6FNOS/c11-10-7(5-13)2-1-3-8(10)9-4-12-6-14-9/h1-6H. The van der Waals surface area contributed by atoms with Crippen LogP contribution in [0.5, 0.6) is 0 Å². The van der Waals surface area contributed by atoms with Crippen molar-refractivity contribution >= 4 is 17.6 Å². The number of hydrogen-bond acceptors (Lipinski definition) is 3. The highest BCUT2D eigenvalue weighted by atomic mass is 32.1. The fourth-order valence-corrected chi connectivity index (χ4v) is 1.82. The first-order valence-electron chi connectivity index (χ1n) is 3.95. The van der Waals surface area contributed by atoms with Gasteiger partial charge in [-0.3, -0.25) is 9.78 Å². The number of aldehydes is 1. The molecule has 0 radical (unpaired) electrons. The van der Waals surface area contributed by atoms with Gasteiger partial charge in [0.1, 0.15) is 5.82 Å². The zero-order chi connectivity index (χ0) is 9.97. The summed E-state index contributed by atoms with van der Waals surface area (Å²) < 4.78 is 13.6. The van der Waals surface area contributed by atoms with E-state index in [0.29, 0.717) is 11.8 Å². The van der Waals surface area contributed by atoms with Crippen molar-refractivity contribution in [3.8, 4) is 10.4 Å². The Labute approximate surface area is 84.0 Å². The number of benzene rings is 1. The van der Waals surface area contributed by atoms with Crippen molar-refractivity contribution in [2.45, 2.75) is 0 Å². The SMILES string of the molecule is O=Cc1cccc(-c2cncs2)c1F. The lowest BCUT2D eigenvalue weighted by Crippen LogP contribution is -1.89. The Morgan fingerprint density at radius 2 is 2.29 bits per heavy atom. The highest BCUT2D eigenvalue weighted by molar-refractivity contribution is 7.13. The molecule has 0 N–H and O–H groups in total. The summed E-state index contributed by atoms with van der Waals surface area (Å²) in [5, 5.41) is 0. The first-order chi connectivity index (χ1) is 6.83. The molecule has 0 bridgehead atoms. The molecule has 0 atom stereocenters. The van der Waals surface area contributed by atoms with Gasteiger partial charge in [-0.15, -0.1) is 11.3 Å². The molecule has 70 valence electrons. The monoisotopic (exact) mass is 207 g/mol. The van der Waals surface area contributed by atoms with Gasteiger partial charge in [-0.05, 0) is 6.07 Å². The van der Waals surface area contributed by atoms with Crippen molar-refractivity contribution in [3.63, 3.8) is 0 Å². The largest absolute Gasteiger partial charge is 0.298 e. The minimum atomic E-state index is -0.480. The van der Waals surface area contributed by atoms with Gasteiger partial charge >= 0.3 is 0 Å². The summed E-state index contributed by atoms with van der Waals surface area (Å²) in [5.41, 5.74) is 2.13. The average Bonchev–Trinajstić information content (AvgIpc) is 2.71. The molecule has 14 heavy (non-hydrogen) atoms. The number of halogens is 1. The zero-order valence-electron chi connectivity index (χ0n) is 7.11. The van der Waals surface area contributed by atoms with E-state index >= 15 is 0 Å². The molecule has 0 saturated carbocycles. The van der Waals surface area contributed by atoms with Crippen molar-refractivity contribution in [2.75, 3.05) is 0 Å². The van der Waals surface area contributed by atoms with Gasteiger partial charge in [-0.25, -0.2) is 4.39 Å². The van der Waals surface area contributed by atoms with Gasteiger partial charge in [0.05, 0.1) is 16.0 Å². The summed E-state index contributed by atoms with van der Waals surface area (Å²) in [6.45, 7) is 0. The van der Waals surface area contributed by atoms with Crippen LogP contribution in [0.25, 0.3) is 10.4 Å². The zero-order valence-corrected chi connectivity index (χ0v) is 7.92. The number of carbonyl (C=O) groups excluding carboxylic acids is 1. The maximum atomic E-state index is 13.6. The first kappa shape index (κ1) is 9.02. The summed E-state index contributed by atoms with van der Waals surface area (Å²) in [6, 6.07) is 4.74. The molecule has 0 unspecified atom stereocenters. The molecule has 2 nitrogen and oxygen atoms in total. The van der Waals surface area contributed by atoms with Crippen molar-refractivity contribution in [2.24, 2.45) is 0 Å². The third-order valence-corrected chi connectivity index (χ3v) is 2.66. The predicted octanol–water partition coefficient (Wildman–Crippen LogP) is 2.76. The number of aromatic nitrogens is 1. The maximum absolute atomic E-state index is 13.6. The molecule has 0 aliphatic heterocycles. The Bertz CT molecular complexity index is 453. The Morgan fingerprint density at radius 1 is 1.43 bits per heavy atom. The fraction of sp³-hybridized carbons (Fsp3) is 0. The number of carbonyl (C=O) groups is 1. The van der Waals surface area contributed by atoms with E-state index in [2.05, 4.69) is 4.98 Å². The van der Waals surface area contributed by atoms with Crippen molar-refractivity contribution in [1.82, 2.24) is 4.98 Å². The predicted molar refractivity (Wildman–Crippen MR) is 52.9 cm³/mol. The maximum Gasteiger partial charge on any atom is 0.153 e. The molecule has 1 aromatic heterocycles. The topological polar surface area (TPSA) is 30.0 Å². The van der Waals surface area contributed by atoms with Crippen molar-refractivity contribution in [1.29, 1.82) is 0 Å². The smallest absolute Gasteiger partial charge is 0.153 e. The van der Waals surface area contributed by atoms with Crippen LogP contribution in [0.2, 0.25) is 0 Å². The van der Waals surface area contributed by atoms with Crippen LogP contribution in [-0.2, 0) is 0 Å². The second kappa shape index (κ2) is 3.67. The molecule has 0 fully saturated rings. The quantitative estimate of drug-likeness (QED) is 0.709. The summed E-state index contributed by atoms with van der Waals surface area (Å²) in [4.78, 5) is 15.1. The van der Waals surface area contributed by atoms with Crippen LogP contribution in [0.3, 0.4) is 0 Å². The van der Waals surface area contributed by atoms with E-state index in [1.54, 1.807) is 23.8 Å². The van der Waals surface area contributed by atoms with Gasteiger partial charge in [-0.2, -0.15) is 0 Å². The van der Waals surface area contributed by atoms with Gasteiger partial charge in [0.15, 0.2) is 6.29 Å². The Kier molecular flexibility index (Phi) is 2.37. The normalized spacial score (nSPS) is 10.1. The molecular formula is C10H6FNOS. The Balaban J connectivity index is 2.60. The number of nitrogens with zero attached hydrogens (tertiary/aromatic N) is 1. The van der Waals surface area contributed by atoms with E-state index < -0.39 is 5.82 Å². The van der Waals surface area contributed by atoms with Crippen LogP contribution < -0.4 is 0 Å². The lowest BCUT2D eigenvalue weighted by atomic mass is 10.1. The van der Waals surface area contributed by atoms with Crippen LogP contribution in [0.15, 0.2) is 29.9 Å². The minimum Gasteiger partial charge on any atom is -0.298 e. The second-order valence-corrected chi connectivity index (χ2v) is 3.58. The molecule has 2 aromatic rings. The number of thiazole rings is 1. The van der Waals surface area contributed by atoms with Crippen LogP contribution in [0, 0.1) is 5.82 Å². The van der Waals surface area contributed by atoms with E-state index in [9.17, 15) is 9.18 Å². The molecule has 1 aromatic carbocycles. The van der Waals surface area contributed by atoms with Crippen molar-refractivity contribution < 1.29 is 9.18 Å². The van der Waals surface area contributed by atoms with Gasteiger partial charge < -0.3 is 0 Å². The van der Waals surface area contributed by atoms with Gasteiger partial charge in [-0.1, -0.05) is 12.1 Å². The van der Waals surface area contributed by atoms with E-state index in [1.165, 1.54) is 17.4 Å². The molecule has 0 saturated heterocycles. The molecule has 4 heteroatoms. The van der Waals surface area contributed by atoms with Crippen LogP contribution in [0.4, 0.5) is 4.39 Å². The molecule has 0 aliphatic rings. The van der Waals surface area contributed by atoms with E-state index in [1.807, 2.05) is 0 Å². The van der Waals surface area contributed by atoms with Crippen LogP contribution >= 0.6 is 11.3 Å². The third-order valence-electron chi connectivity index (χ3n) is 1.85. The lowest BCUT2D eigenvalue weighted by Gasteiger charge is -2.00. The summed E-state index contributed by atoms with van der Waals surface area (Å²) >= 11 is 1.34. The van der Waals surface area contributed by atoms with Gasteiger partial charge in [0.25, 0.3) is 0 Å². The Hall–Kier alpha value is -1.55. The van der Waals surface area contributed by atoms with Gasteiger partial charge in [0, 0.05) is 11.8 Å². The number of hydrogen-bond donors (Lipinski definition) is 0. The van der Waals surface area contributed by atoms with E-state index in [0.717, 1.165) is 4.88 Å². The highest BCUT2D eigenvalue weighted by Crippen LogP contribution is 2.26. The lowest BCUT2D eigenvalue weighted by molar-refractivity contribution is 0.112. The van der Waals surface area contributed by atoms with Gasteiger partial charge in [0.2, 0.25) is 0 Å². The highest BCUT2D eigenvalue weighted by Gasteiger charge is 2.09. The third kappa shape index (κ3) is 1.44. The minimum absolute atomic E-state index is 0.0795. The first-order valence-corrected chi connectivity index (χ1v) is 4.83. The summed E-state index contributed by atoms with van der Waals surface area (Å²) in [5.74, 6) is -0.480. The Morgan fingerprint density at radius 3 is 2.93 bits per heavy atom. The molecule has 1 heterocycles. The fourth-order valence-electron chi connectivity index (χ4n) is 1.18. The van der Waals surface area contributed by atoms with E-state index in [-0.39, 0.29) is 5.56 Å². The van der Waals surface area contributed by atoms with Crippen LogP contribution in [-0.4, -0.2) is 11.3 Å². The second-order valence-electron chi connectivity index (χ2n) is 2.69. The average molecular weight is 207 g/mol. The van der Waals surface area contributed by atoms with Crippen molar-refractivity contribution in [3.05, 3.63) is 41.3 Å². The summed E-state index contributed by atoms with van der Waals surface area (Å²) in [7, 11) is 0. The molecule has 0 spiro atoms. The van der Waals surface area contributed by atoms with Crippen LogP contribution in [0.1, 0.15) is 10.4 Å². The van der Waals surface area contributed by atoms with E-state index in [4.69, 9.17) is 0 Å². The molecule has 0 aliphatic carbocycles. The molecular weight excluding hydrogens is 201 g/mol.